The second-order valence-corrected chi connectivity index (χ2v) is 8.84. The molecule has 1 aromatic carbocycles. The van der Waals surface area contributed by atoms with Gasteiger partial charge < -0.3 is 9.80 Å². The Kier molecular flexibility index (Phi) is 4.67. The van der Waals surface area contributed by atoms with Crippen LogP contribution in [0.3, 0.4) is 0 Å². The van der Waals surface area contributed by atoms with Crippen molar-refractivity contribution in [2.24, 2.45) is 11.8 Å². The molecule has 6 nitrogen and oxygen atoms in total. The van der Waals surface area contributed by atoms with Crippen molar-refractivity contribution < 1.29 is 4.79 Å². The molecule has 0 bridgehead atoms. The normalized spacial score (nSPS) is 24.0. The first kappa shape index (κ1) is 17.9. The van der Waals surface area contributed by atoms with Crippen molar-refractivity contribution >= 4 is 5.91 Å². The minimum Gasteiger partial charge on any atom is -0.338 e. The van der Waals surface area contributed by atoms with E-state index in [1.165, 1.54) is 38.8 Å². The number of amides is 1. The lowest BCUT2D eigenvalue weighted by Crippen LogP contribution is -2.35. The summed E-state index contributed by atoms with van der Waals surface area (Å²) >= 11 is 0. The number of benzene rings is 1. The Bertz CT molecular complexity index is 833. The quantitative estimate of drug-likeness (QED) is 0.886. The number of likely N-dealkylation sites (tertiary alicyclic amines) is 2. The molecule has 1 unspecified atom stereocenters. The van der Waals surface area contributed by atoms with Gasteiger partial charge in [-0.25, -0.2) is 4.98 Å². The minimum absolute atomic E-state index is 0.163. The molecule has 3 aliphatic rings. The molecule has 1 aliphatic carbocycles. The molecule has 1 N–H and O–H groups in total. The lowest BCUT2D eigenvalue weighted by atomic mass is 9.84. The molecule has 6 heteroatoms. The third-order valence-corrected chi connectivity index (χ3v) is 6.80. The van der Waals surface area contributed by atoms with E-state index in [1.54, 1.807) is 0 Å². The first-order valence-electron chi connectivity index (χ1n) is 10.7. The molecule has 1 aromatic heterocycles. The summed E-state index contributed by atoms with van der Waals surface area (Å²) in [4.78, 5) is 22.0. The predicted octanol–water partition coefficient (Wildman–Crippen LogP) is 3.15. The van der Waals surface area contributed by atoms with Crippen molar-refractivity contribution in [3.05, 3.63) is 35.7 Å². The Morgan fingerprint density at radius 1 is 1.00 bits per heavy atom. The topological polar surface area (TPSA) is 65.1 Å². The second kappa shape index (κ2) is 7.32. The molecule has 148 valence electrons. The van der Waals surface area contributed by atoms with E-state index in [9.17, 15) is 4.79 Å². The molecule has 0 radical (unpaired) electrons. The zero-order valence-electron chi connectivity index (χ0n) is 16.6. The van der Waals surface area contributed by atoms with Gasteiger partial charge in [0.2, 0.25) is 0 Å². The van der Waals surface area contributed by atoms with Crippen LogP contribution >= 0.6 is 0 Å². The van der Waals surface area contributed by atoms with Crippen molar-refractivity contribution in [3.63, 3.8) is 0 Å². The van der Waals surface area contributed by atoms with Gasteiger partial charge in [0.25, 0.3) is 5.91 Å². The zero-order chi connectivity index (χ0) is 19.1. The standard InChI is InChI=1S/C22H29N5O/c1-26-11-8-15(9-12-26)19-10-13-27(14-19)22(28)18-6-4-17(5-7-18)21-23-20(24-25-21)16-2-3-16/h4-7,15-16,19H,2-3,8-14H2,1H3,(H,23,24,25). The first-order chi connectivity index (χ1) is 13.7. The number of carbonyl (C=O) groups excluding carboxylic acids is 1. The van der Waals surface area contributed by atoms with E-state index in [0.29, 0.717) is 11.8 Å². The summed E-state index contributed by atoms with van der Waals surface area (Å²) in [6, 6.07) is 7.79. The van der Waals surface area contributed by atoms with Gasteiger partial charge in [0.05, 0.1) is 0 Å². The third kappa shape index (κ3) is 3.58. The average molecular weight is 380 g/mol. The maximum atomic E-state index is 13.0. The van der Waals surface area contributed by atoms with E-state index in [0.717, 1.165) is 48.2 Å². The van der Waals surface area contributed by atoms with Crippen LogP contribution in [0.15, 0.2) is 24.3 Å². The molecular weight excluding hydrogens is 350 g/mol. The Morgan fingerprint density at radius 3 is 2.43 bits per heavy atom. The Hall–Kier alpha value is -2.21. The second-order valence-electron chi connectivity index (χ2n) is 8.84. The number of carbonyl (C=O) groups is 1. The highest BCUT2D eigenvalue weighted by Crippen LogP contribution is 2.38. The van der Waals surface area contributed by atoms with Gasteiger partial charge in [0, 0.05) is 30.1 Å². The maximum absolute atomic E-state index is 13.0. The summed E-state index contributed by atoms with van der Waals surface area (Å²) in [5.74, 6) is 3.90. The summed E-state index contributed by atoms with van der Waals surface area (Å²) in [6.45, 7) is 4.20. The highest BCUT2D eigenvalue weighted by molar-refractivity contribution is 5.94. The van der Waals surface area contributed by atoms with E-state index < -0.39 is 0 Å². The zero-order valence-corrected chi connectivity index (χ0v) is 16.6. The summed E-state index contributed by atoms with van der Waals surface area (Å²) in [7, 11) is 2.20. The van der Waals surface area contributed by atoms with Crippen LogP contribution < -0.4 is 0 Å². The Labute approximate surface area is 166 Å². The van der Waals surface area contributed by atoms with E-state index in [2.05, 4.69) is 32.0 Å². The fourth-order valence-electron chi connectivity index (χ4n) is 4.74. The van der Waals surface area contributed by atoms with Crippen LogP contribution in [0.5, 0.6) is 0 Å². The molecule has 1 saturated carbocycles. The van der Waals surface area contributed by atoms with Crippen molar-refractivity contribution in [3.8, 4) is 11.4 Å². The summed E-state index contributed by atoms with van der Waals surface area (Å²) in [6.07, 6.45) is 6.11. The first-order valence-corrected chi connectivity index (χ1v) is 10.7. The van der Waals surface area contributed by atoms with Gasteiger partial charge in [0.15, 0.2) is 5.82 Å². The van der Waals surface area contributed by atoms with Crippen molar-refractivity contribution in [2.75, 3.05) is 33.2 Å². The van der Waals surface area contributed by atoms with E-state index in [1.807, 2.05) is 24.3 Å². The largest absolute Gasteiger partial charge is 0.338 e. The number of nitrogens with one attached hydrogen (secondary N) is 1. The number of piperidine rings is 1. The van der Waals surface area contributed by atoms with Crippen LogP contribution in [0.4, 0.5) is 0 Å². The summed E-state index contributed by atoms with van der Waals surface area (Å²) in [5, 5.41) is 7.38. The SMILES string of the molecule is CN1CCC(C2CCN(C(=O)c3ccc(-c4n[nH]c(C5CC5)n4)cc3)C2)CC1. The molecule has 3 heterocycles. The van der Waals surface area contributed by atoms with E-state index in [4.69, 9.17) is 0 Å². The Morgan fingerprint density at radius 2 is 1.71 bits per heavy atom. The van der Waals surface area contributed by atoms with Gasteiger partial charge in [-0.3, -0.25) is 9.89 Å². The van der Waals surface area contributed by atoms with Gasteiger partial charge in [-0.05, 0) is 76.2 Å². The van der Waals surface area contributed by atoms with Gasteiger partial charge >= 0.3 is 0 Å². The van der Waals surface area contributed by atoms with Crippen molar-refractivity contribution in [1.82, 2.24) is 25.0 Å². The third-order valence-electron chi connectivity index (χ3n) is 6.80. The molecular formula is C22H29N5O. The van der Waals surface area contributed by atoms with Crippen molar-refractivity contribution in [2.45, 2.75) is 38.0 Å². The molecule has 1 atom stereocenters. The lowest BCUT2D eigenvalue weighted by molar-refractivity contribution is 0.0776. The van der Waals surface area contributed by atoms with Crippen LogP contribution in [0.25, 0.3) is 11.4 Å². The maximum Gasteiger partial charge on any atom is 0.253 e. The van der Waals surface area contributed by atoms with E-state index in [-0.39, 0.29) is 5.91 Å². The molecule has 1 amide bonds. The fourth-order valence-corrected chi connectivity index (χ4v) is 4.74. The minimum atomic E-state index is 0.163. The monoisotopic (exact) mass is 379 g/mol. The van der Waals surface area contributed by atoms with Crippen LogP contribution in [0.2, 0.25) is 0 Å². The van der Waals surface area contributed by atoms with Crippen molar-refractivity contribution in [1.29, 1.82) is 0 Å². The van der Waals surface area contributed by atoms with Crippen LogP contribution in [-0.2, 0) is 0 Å². The number of aromatic nitrogens is 3. The van der Waals surface area contributed by atoms with Crippen LogP contribution in [-0.4, -0.2) is 64.1 Å². The number of nitrogens with zero attached hydrogens (tertiary/aromatic N) is 4. The summed E-state index contributed by atoms with van der Waals surface area (Å²) in [5.41, 5.74) is 1.73. The number of hydrogen-bond acceptors (Lipinski definition) is 4. The molecule has 5 rings (SSSR count). The molecule has 0 spiro atoms. The highest BCUT2D eigenvalue weighted by Gasteiger charge is 2.33. The average Bonchev–Trinajstić information content (AvgIpc) is 3.26. The number of H-pyrrole nitrogens is 1. The number of hydrogen-bond donors (Lipinski definition) is 1. The predicted molar refractivity (Wildman–Crippen MR) is 108 cm³/mol. The summed E-state index contributed by atoms with van der Waals surface area (Å²) < 4.78 is 0. The van der Waals surface area contributed by atoms with Gasteiger partial charge in [-0.2, -0.15) is 5.10 Å². The van der Waals surface area contributed by atoms with Gasteiger partial charge in [0.1, 0.15) is 5.82 Å². The fraction of sp³-hybridized carbons (Fsp3) is 0.591. The van der Waals surface area contributed by atoms with E-state index >= 15 is 0 Å². The van der Waals surface area contributed by atoms with Gasteiger partial charge in [-0.15, -0.1) is 0 Å². The van der Waals surface area contributed by atoms with Crippen LogP contribution in [0, 0.1) is 11.8 Å². The molecule has 2 saturated heterocycles. The van der Waals surface area contributed by atoms with Crippen LogP contribution in [0.1, 0.15) is 54.2 Å². The molecule has 3 fully saturated rings. The number of aromatic amines is 1. The molecule has 2 aromatic rings. The lowest BCUT2D eigenvalue weighted by Gasteiger charge is -2.32. The number of rotatable bonds is 4. The smallest absolute Gasteiger partial charge is 0.253 e. The molecule has 2 aliphatic heterocycles. The van der Waals surface area contributed by atoms with Gasteiger partial charge in [-0.1, -0.05) is 12.1 Å². The molecule has 28 heavy (non-hydrogen) atoms. The highest BCUT2D eigenvalue weighted by atomic mass is 16.2. The Balaban J connectivity index is 1.21.